The molecule has 134 valence electrons. The number of halogens is 1. The van der Waals surface area contributed by atoms with Gasteiger partial charge in [-0.1, -0.05) is 15.9 Å². The zero-order valence-corrected chi connectivity index (χ0v) is 15.8. The molecular weight excluding hydrogens is 376 g/mol. The number of rotatable bonds is 4. The second-order valence-electron chi connectivity index (χ2n) is 7.99. The molecule has 0 aromatic heterocycles. The smallest absolute Gasteiger partial charge is 0.321 e. The van der Waals surface area contributed by atoms with Gasteiger partial charge in [0.2, 0.25) is 0 Å². The number of hydrogen-bond donors (Lipinski definition) is 2. The fraction of sp³-hybridized carbons (Fsp3) is 0.824. The van der Waals surface area contributed by atoms with Gasteiger partial charge in [-0.25, -0.2) is 4.79 Å². The highest BCUT2D eigenvalue weighted by Gasteiger charge is 2.57. The Balaban J connectivity index is 1.57. The molecule has 4 aliphatic carbocycles. The summed E-state index contributed by atoms with van der Waals surface area (Å²) >= 11 is 3.93. The van der Waals surface area contributed by atoms with Gasteiger partial charge in [-0.05, 0) is 62.7 Å². The van der Waals surface area contributed by atoms with Crippen LogP contribution in [0.5, 0.6) is 0 Å². The Kier molecular flexibility index (Phi) is 4.66. The number of carbonyl (C=O) groups is 3. The van der Waals surface area contributed by atoms with Crippen LogP contribution in [0.2, 0.25) is 0 Å². The summed E-state index contributed by atoms with van der Waals surface area (Å²) in [6.07, 6.45) is 6.30. The van der Waals surface area contributed by atoms with Crippen molar-refractivity contribution in [1.29, 1.82) is 0 Å². The largest absolute Gasteiger partial charge is 0.453 e. The SMILES string of the molecule is CNC(=O)NC(=O)[C@H](C)OC(=O)CC12C[C@@H]3C[C@@H](CC(Br)(C3)C1)C2. The van der Waals surface area contributed by atoms with E-state index >= 15 is 0 Å². The summed E-state index contributed by atoms with van der Waals surface area (Å²) in [6, 6.07) is -0.606. The molecule has 4 saturated carbocycles. The van der Waals surface area contributed by atoms with E-state index in [9.17, 15) is 14.4 Å². The molecular formula is C17H25BrN2O4. The molecule has 4 bridgehead atoms. The third-order valence-corrected chi connectivity index (χ3v) is 6.70. The van der Waals surface area contributed by atoms with Crippen LogP contribution < -0.4 is 10.6 Å². The number of hydrogen-bond acceptors (Lipinski definition) is 4. The minimum absolute atomic E-state index is 0.0155. The lowest BCUT2D eigenvalue weighted by molar-refractivity contribution is -0.160. The quantitative estimate of drug-likeness (QED) is 0.560. The first-order valence-electron chi connectivity index (χ1n) is 8.64. The fourth-order valence-electron chi connectivity index (χ4n) is 5.42. The van der Waals surface area contributed by atoms with E-state index in [1.807, 2.05) is 0 Å². The third kappa shape index (κ3) is 3.60. The summed E-state index contributed by atoms with van der Waals surface area (Å²) in [5, 5.41) is 4.42. The maximum atomic E-state index is 12.4. The highest BCUT2D eigenvalue weighted by Crippen LogP contribution is 2.65. The number of carbonyl (C=O) groups excluding carboxylic acids is 3. The van der Waals surface area contributed by atoms with Gasteiger partial charge in [0.05, 0.1) is 6.42 Å². The number of ether oxygens (including phenoxy) is 1. The molecule has 0 saturated heterocycles. The molecule has 5 atom stereocenters. The first-order valence-corrected chi connectivity index (χ1v) is 9.43. The molecule has 2 N–H and O–H groups in total. The van der Waals surface area contributed by atoms with E-state index < -0.39 is 18.0 Å². The first-order chi connectivity index (χ1) is 11.2. The predicted molar refractivity (Wildman–Crippen MR) is 91.5 cm³/mol. The monoisotopic (exact) mass is 400 g/mol. The van der Waals surface area contributed by atoms with Crippen molar-refractivity contribution < 1.29 is 19.1 Å². The van der Waals surface area contributed by atoms with Crippen LogP contribution in [0.3, 0.4) is 0 Å². The minimum atomic E-state index is -0.971. The molecule has 4 rings (SSSR count). The molecule has 4 aliphatic rings. The van der Waals surface area contributed by atoms with E-state index in [1.165, 1.54) is 33.2 Å². The van der Waals surface area contributed by atoms with Crippen LogP contribution in [-0.2, 0) is 14.3 Å². The van der Waals surface area contributed by atoms with Crippen molar-refractivity contribution in [2.75, 3.05) is 7.05 Å². The normalized spacial score (nSPS) is 37.6. The molecule has 0 aromatic carbocycles. The maximum absolute atomic E-state index is 12.4. The van der Waals surface area contributed by atoms with Crippen LogP contribution in [0.4, 0.5) is 4.79 Å². The molecule has 3 amide bonds. The van der Waals surface area contributed by atoms with E-state index in [2.05, 4.69) is 26.6 Å². The average molecular weight is 401 g/mol. The topological polar surface area (TPSA) is 84.5 Å². The Hall–Kier alpha value is -1.11. The molecule has 0 aliphatic heterocycles. The van der Waals surface area contributed by atoms with E-state index in [-0.39, 0.29) is 15.7 Å². The van der Waals surface area contributed by atoms with Gasteiger partial charge in [0.25, 0.3) is 5.91 Å². The summed E-state index contributed by atoms with van der Waals surface area (Å²) in [5.41, 5.74) is 0.0155. The van der Waals surface area contributed by atoms with Crippen LogP contribution in [0, 0.1) is 17.3 Å². The fourth-order valence-corrected chi connectivity index (χ4v) is 6.93. The Morgan fingerprint density at radius 2 is 1.83 bits per heavy atom. The van der Waals surface area contributed by atoms with E-state index in [0.717, 1.165) is 19.3 Å². The summed E-state index contributed by atoms with van der Waals surface area (Å²) in [5.74, 6) is 0.456. The zero-order valence-electron chi connectivity index (χ0n) is 14.2. The van der Waals surface area contributed by atoms with Crippen molar-refractivity contribution in [3.05, 3.63) is 0 Å². The second-order valence-corrected chi connectivity index (χ2v) is 9.67. The number of amides is 3. The lowest BCUT2D eigenvalue weighted by Gasteiger charge is -2.60. The number of alkyl halides is 1. The number of esters is 1. The van der Waals surface area contributed by atoms with Gasteiger partial charge in [-0.3, -0.25) is 14.9 Å². The zero-order chi connectivity index (χ0) is 17.5. The van der Waals surface area contributed by atoms with Gasteiger partial charge < -0.3 is 10.1 Å². The van der Waals surface area contributed by atoms with Gasteiger partial charge in [-0.15, -0.1) is 0 Å². The Labute approximate surface area is 150 Å². The van der Waals surface area contributed by atoms with Gasteiger partial charge in [0.1, 0.15) is 0 Å². The van der Waals surface area contributed by atoms with Crippen LogP contribution in [0.1, 0.15) is 51.9 Å². The molecule has 24 heavy (non-hydrogen) atoms. The lowest BCUT2D eigenvalue weighted by Crippen LogP contribution is -2.53. The molecule has 7 heteroatoms. The average Bonchev–Trinajstić information content (AvgIpc) is 2.43. The molecule has 0 aromatic rings. The highest BCUT2D eigenvalue weighted by molar-refractivity contribution is 9.10. The van der Waals surface area contributed by atoms with Crippen molar-refractivity contribution in [2.24, 2.45) is 17.3 Å². The van der Waals surface area contributed by atoms with E-state index in [0.29, 0.717) is 18.3 Å². The number of urea groups is 1. The standard InChI is InChI=1S/C17H25BrN2O4/c1-10(14(22)20-15(23)19-2)24-13(21)8-16-4-11-3-12(5-16)7-17(18,6-11)9-16/h10-12H,3-9H2,1-2H3,(H2,19,20,22,23)/t10-,11-,12+,16?,17?/m0/s1. The molecule has 6 nitrogen and oxygen atoms in total. The lowest BCUT2D eigenvalue weighted by atomic mass is 9.49. The molecule has 0 radical (unpaired) electrons. The molecule has 0 heterocycles. The van der Waals surface area contributed by atoms with E-state index in [1.54, 1.807) is 0 Å². The Bertz CT molecular complexity index is 551. The molecule has 0 spiro atoms. The molecule has 4 fully saturated rings. The van der Waals surface area contributed by atoms with Gasteiger partial charge >= 0.3 is 12.0 Å². The number of imide groups is 1. The van der Waals surface area contributed by atoms with Gasteiger partial charge in [0.15, 0.2) is 6.10 Å². The van der Waals surface area contributed by atoms with Crippen LogP contribution in [0.15, 0.2) is 0 Å². The van der Waals surface area contributed by atoms with Crippen molar-refractivity contribution >= 4 is 33.8 Å². The second kappa shape index (κ2) is 6.32. The Morgan fingerprint density at radius 3 is 2.38 bits per heavy atom. The highest BCUT2D eigenvalue weighted by atomic mass is 79.9. The van der Waals surface area contributed by atoms with Crippen molar-refractivity contribution in [3.63, 3.8) is 0 Å². The first kappa shape index (κ1) is 17.7. The minimum Gasteiger partial charge on any atom is -0.453 e. The Morgan fingerprint density at radius 1 is 1.21 bits per heavy atom. The van der Waals surface area contributed by atoms with Crippen LogP contribution in [0.25, 0.3) is 0 Å². The maximum Gasteiger partial charge on any atom is 0.321 e. The van der Waals surface area contributed by atoms with E-state index in [4.69, 9.17) is 4.74 Å². The predicted octanol–water partition coefficient (Wildman–Crippen LogP) is 2.50. The van der Waals surface area contributed by atoms with Crippen molar-refractivity contribution in [2.45, 2.75) is 62.3 Å². The summed E-state index contributed by atoms with van der Waals surface area (Å²) < 4.78 is 5.48. The van der Waals surface area contributed by atoms with Crippen molar-refractivity contribution in [3.8, 4) is 0 Å². The summed E-state index contributed by atoms with van der Waals surface area (Å²) in [4.78, 5) is 35.3. The molecule has 2 unspecified atom stereocenters. The van der Waals surface area contributed by atoms with Crippen LogP contribution in [-0.4, -0.2) is 35.4 Å². The van der Waals surface area contributed by atoms with Gasteiger partial charge in [0, 0.05) is 11.4 Å². The van der Waals surface area contributed by atoms with Crippen LogP contribution >= 0.6 is 15.9 Å². The summed E-state index contributed by atoms with van der Waals surface area (Å²) in [7, 11) is 1.42. The number of nitrogens with one attached hydrogen (secondary N) is 2. The third-order valence-electron chi connectivity index (χ3n) is 5.77. The van der Waals surface area contributed by atoms with Gasteiger partial charge in [-0.2, -0.15) is 0 Å². The summed E-state index contributed by atoms with van der Waals surface area (Å²) in [6.45, 7) is 1.49. The van der Waals surface area contributed by atoms with Crippen molar-refractivity contribution in [1.82, 2.24) is 10.6 Å².